The molecule has 0 spiro atoms. The fraction of sp³-hybridized carbons (Fsp3) is 0.154. The molecule has 6 heteroatoms. The van der Waals surface area contributed by atoms with E-state index in [1.54, 1.807) is 13.2 Å². The van der Waals surface area contributed by atoms with E-state index < -0.39 is 0 Å². The molecule has 1 amide bonds. The summed E-state index contributed by atoms with van der Waals surface area (Å²) in [7, 11) is 1.60. The zero-order chi connectivity index (χ0) is 13.7. The molecule has 2 rings (SSSR count). The number of nitrogens with one attached hydrogen (secondary N) is 1. The highest BCUT2D eigenvalue weighted by Gasteiger charge is 2.10. The summed E-state index contributed by atoms with van der Waals surface area (Å²) >= 11 is 5.70. The minimum atomic E-state index is -0.362. The average Bonchev–Trinajstić information content (AvgIpc) is 2.41. The Hall–Kier alpha value is -1.98. The van der Waals surface area contributed by atoms with Crippen LogP contribution in [0.25, 0.3) is 0 Å². The van der Waals surface area contributed by atoms with Crippen molar-refractivity contribution in [2.24, 2.45) is 0 Å². The fourth-order valence-electron chi connectivity index (χ4n) is 1.56. The molecular weight excluding hydrogens is 266 g/mol. The second-order valence-electron chi connectivity index (χ2n) is 3.77. The first-order valence-electron chi connectivity index (χ1n) is 5.56. The number of ether oxygens (including phenoxy) is 1. The van der Waals surface area contributed by atoms with E-state index in [0.29, 0.717) is 12.3 Å². The number of benzene rings is 1. The van der Waals surface area contributed by atoms with Crippen molar-refractivity contribution < 1.29 is 9.53 Å². The zero-order valence-corrected chi connectivity index (χ0v) is 11.0. The quantitative estimate of drug-likeness (QED) is 0.933. The molecule has 2 aromatic rings. The van der Waals surface area contributed by atoms with Crippen molar-refractivity contribution in [1.82, 2.24) is 9.97 Å². The van der Waals surface area contributed by atoms with E-state index in [1.807, 2.05) is 18.2 Å². The Labute approximate surface area is 115 Å². The summed E-state index contributed by atoms with van der Waals surface area (Å²) in [5.41, 5.74) is 1.73. The third kappa shape index (κ3) is 3.49. The van der Waals surface area contributed by atoms with Gasteiger partial charge in [-0.2, -0.15) is 0 Å². The van der Waals surface area contributed by atoms with Gasteiger partial charge in [-0.05, 0) is 6.07 Å². The number of hydrogen-bond donors (Lipinski definition) is 1. The van der Waals surface area contributed by atoms with Crippen LogP contribution in [0.3, 0.4) is 0 Å². The lowest BCUT2D eigenvalue weighted by Crippen LogP contribution is -2.15. The monoisotopic (exact) mass is 277 g/mol. The topological polar surface area (TPSA) is 64.1 Å². The molecule has 5 nitrogen and oxygen atoms in total. The summed E-state index contributed by atoms with van der Waals surface area (Å²) < 4.78 is 5.07. The maximum atomic E-state index is 12.0. The van der Waals surface area contributed by atoms with Gasteiger partial charge in [0.15, 0.2) is 0 Å². The molecule has 0 atom stereocenters. The van der Waals surface area contributed by atoms with Crippen molar-refractivity contribution >= 4 is 23.2 Å². The maximum Gasteiger partial charge on any atom is 0.275 e. The molecule has 0 fully saturated rings. The number of aromatic nitrogens is 2. The fourth-order valence-corrected chi connectivity index (χ4v) is 1.71. The lowest BCUT2D eigenvalue weighted by molar-refractivity contribution is 0.102. The van der Waals surface area contributed by atoms with Crippen molar-refractivity contribution in [1.29, 1.82) is 0 Å². The van der Waals surface area contributed by atoms with E-state index in [-0.39, 0.29) is 16.8 Å². The van der Waals surface area contributed by atoms with Crippen LogP contribution in [0.5, 0.6) is 0 Å². The van der Waals surface area contributed by atoms with Crippen LogP contribution in [-0.2, 0) is 11.3 Å². The summed E-state index contributed by atoms with van der Waals surface area (Å²) in [6, 6.07) is 7.38. The van der Waals surface area contributed by atoms with E-state index in [9.17, 15) is 4.79 Å². The van der Waals surface area contributed by atoms with Crippen LogP contribution in [-0.4, -0.2) is 23.0 Å². The molecule has 0 bridgehead atoms. The number of halogens is 1. The van der Waals surface area contributed by atoms with Crippen molar-refractivity contribution in [3.63, 3.8) is 0 Å². The number of amides is 1. The van der Waals surface area contributed by atoms with Gasteiger partial charge in [0.1, 0.15) is 10.8 Å². The highest BCUT2D eigenvalue weighted by atomic mass is 35.5. The second kappa shape index (κ2) is 6.26. The highest BCUT2D eigenvalue weighted by molar-refractivity contribution is 6.29. The Morgan fingerprint density at radius 1 is 1.37 bits per heavy atom. The van der Waals surface area contributed by atoms with E-state index in [2.05, 4.69) is 15.3 Å². The first-order valence-corrected chi connectivity index (χ1v) is 5.94. The predicted octanol–water partition coefficient (Wildman–Crippen LogP) is 2.53. The molecule has 0 saturated carbocycles. The minimum absolute atomic E-state index is 0.166. The predicted molar refractivity (Wildman–Crippen MR) is 72.2 cm³/mol. The van der Waals surface area contributed by atoms with Gasteiger partial charge in [0.2, 0.25) is 0 Å². The molecule has 1 aromatic heterocycles. The largest absolute Gasteiger partial charge is 0.380 e. The van der Waals surface area contributed by atoms with Gasteiger partial charge in [-0.3, -0.25) is 9.78 Å². The molecule has 19 heavy (non-hydrogen) atoms. The third-order valence-electron chi connectivity index (χ3n) is 2.40. The lowest BCUT2D eigenvalue weighted by atomic mass is 10.2. The number of rotatable bonds is 4. The Balaban J connectivity index is 2.19. The van der Waals surface area contributed by atoms with E-state index in [0.717, 1.165) is 5.56 Å². The van der Waals surface area contributed by atoms with Crippen LogP contribution in [0.4, 0.5) is 5.69 Å². The molecule has 0 aliphatic carbocycles. The maximum absolute atomic E-state index is 12.0. The van der Waals surface area contributed by atoms with Crippen LogP contribution in [0, 0.1) is 0 Å². The van der Waals surface area contributed by atoms with Gasteiger partial charge in [-0.1, -0.05) is 29.8 Å². The molecule has 0 saturated heterocycles. The lowest BCUT2D eigenvalue weighted by Gasteiger charge is -2.09. The molecular formula is C13H12ClN3O2. The summed E-state index contributed by atoms with van der Waals surface area (Å²) in [5.74, 6) is -0.362. The molecule has 0 aliphatic heterocycles. The average molecular weight is 278 g/mol. The summed E-state index contributed by atoms with van der Waals surface area (Å²) in [4.78, 5) is 19.7. The van der Waals surface area contributed by atoms with Gasteiger partial charge in [0.05, 0.1) is 19.0 Å². The van der Waals surface area contributed by atoms with Gasteiger partial charge < -0.3 is 10.1 Å². The molecule has 1 N–H and O–H groups in total. The van der Waals surface area contributed by atoms with Crippen molar-refractivity contribution in [2.45, 2.75) is 6.61 Å². The van der Waals surface area contributed by atoms with Crippen molar-refractivity contribution in [3.05, 3.63) is 53.1 Å². The first-order chi connectivity index (χ1) is 9.20. The van der Waals surface area contributed by atoms with Crippen LogP contribution in [0.2, 0.25) is 5.15 Å². The van der Waals surface area contributed by atoms with E-state index >= 15 is 0 Å². The van der Waals surface area contributed by atoms with Gasteiger partial charge >= 0.3 is 0 Å². The number of methoxy groups -OCH3 is 1. The van der Waals surface area contributed by atoms with Gasteiger partial charge in [0.25, 0.3) is 5.91 Å². The van der Waals surface area contributed by atoms with Gasteiger partial charge in [0, 0.05) is 18.4 Å². The normalized spacial score (nSPS) is 10.2. The Morgan fingerprint density at radius 3 is 2.89 bits per heavy atom. The van der Waals surface area contributed by atoms with E-state index in [1.165, 1.54) is 12.4 Å². The third-order valence-corrected chi connectivity index (χ3v) is 2.59. The highest BCUT2D eigenvalue weighted by Crippen LogP contribution is 2.16. The first kappa shape index (κ1) is 13.5. The molecule has 0 aliphatic rings. The molecule has 98 valence electrons. The van der Waals surface area contributed by atoms with Crippen molar-refractivity contribution in [3.8, 4) is 0 Å². The zero-order valence-electron chi connectivity index (χ0n) is 10.3. The SMILES string of the molecule is COCc1ccccc1NC(=O)c1cncc(Cl)n1. The molecule has 1 aromatic carbocycles. The number of nitrogens with zero attached hydrogens (tertiary/aromatic N) is 2. The summed E-state index contributed by atoms with van der Waals surface area (Å²) in [6.45, 7) is 0.414. The Kier molecular flexibility index (Phi) is 4.43. The summed E-state index contributed by atoms with van der Waals surface area (Å²) in [5, 5.41) is 2.94. The second-order valence-corrected chi connectivity index (χ2v) is 4.16. The number of para-hydroxylation sites is 1. The molecule has 0 unspecified atom stereocenters. The van der Waals surface area contributed by atoms with Crippen LogP contribution >= 0.6 is 11.6 Å². The van der Waals surface area contributed by atoms with E-state index in [4.69, 9.17) is 16.3 Å². The van der Waals surface area contributed by atoms with Crippen molar-refractivity contribution in [2.75, 3.05) is 12.4 Å². The Morgan fingerprint density at radius 2 is 2.16 bits per heavy atom. The summed E-state index contributed by atoms with van der Waals surface area (Å²) in [6.07, 6.45) is 2.73. The number of carbonyl (C=O) groups is 1. The molecule has 1 heterocycles. The van der Waals surface area contributed by atoms with Gasteiger partial charge in [-0.25, -0.2) is 4.98 Å². The number of carbonyl (C=O) groups excluding carboxylic acids is 1. The van der Waals surface area contributed by atoms with Crippen LogP contribution in [0.1, 0.15) is 16.1 Å². The van der Waals surface area contributed by atoms with Crippen LogP contribution < -0.4 is 5.32 Å². The Bertz CT molecular complexity index is 590. The minimum Gasteiger partial charge on any atom is -0.380 e. The van der Waals surface area contributed by atoms with Crippen LogP contribution in [0.15, 0.2) is 36.7 Å². The molecule has 0 radical (unpaired) electrons. The van der Waals surface area contributed by atoms with Gasteiger partial charge in [-0.15, -0.1) is 0 Å². The standard InChI is InChI=1S/C13H12ClN3O2/c1-19-8-9-4-2-3-5-10(9)17-13(18)11-6-15-7-12(14)16-11/h2-7H,8H2,1H3,(H,17,18). The number of hydrogen-bond acceptors (Lipinski definition) is 4. The number of anilines is 1. The smallest absolute Gasteiger partial charge is 0.275 e.